The molecule has 7 saturated heterocycles. The quantitative estimate of drug-likeness (QED) is 0.0200. The van der Waals surface area contributed by atoms with Gasteiger partial charge in [0.2, 0.25) is 11.8 Å². The number of aliphatic hydroxyl groups is 20. The fraction of sp³-hybridized carbons (Fsp3) is 0.859. The Balaban J connectivity index is 1.06. The number of amides is 2. The Hall–Kier alpha value is -3.16. The van der Waals surface area contributed by atoms with Crippen molar-refractivity contribution in [2.45, 2.75) is 328 Å². The zero-order valence-corrected chi connectivity index (χ0v) is 67.8. The number of hydrogen-bond donors (Lipinski definition) is 24. The molecule has 678 valence electrons. The second-order valence-electron chi connectivity index (χ2n) is 30.5. The number of hydrogen-bond acceptors (Lipinski definition) is 40. The van der Waals surface area contributed by atoms with E-state index in [1.807, 2.05) is 13.8 Å². The zero-order chi connectivity index (χ0) is 86.8. The number of rotatable bonds is 41. The first-order chi connectivity index (χ1) is 55.1. The number of nitrogens with one attached hydrogen (secondary N) is 2. The molecule has 7 fully saturated rings. The SMILES string of the molecule is CC(=O)N[C@H]1[C@H](O[C@H]2[C@H](O)[C@@H](NC(C)=O)[C@@H](OP(=O)(O)OP(=O)(O)OCCC(C)CC/C=C(\C)CC/C=C(\C)CC/C=C(\C)CCC=C(C)C)O[C@@H]2CO)O[C@H](CO)[C@@H](O[C@@H]2O[C@H](CO[C@H]3O[C@H](CO)[C@@H](O)[C@H](O)[C@@H]3O)[C@@H](O)[C@H](O[C@H]3O[C@H](CO)[C@@H](O)[C@H](O)[C@@H]3O[C@H]3O[C@H](CO)[C@@H](O)[C@H](O)[C@@H]3O[C@H]3O[C@H](CO)[C@@H](O)[C@H](O)[C@@H]3O)[C@@H]2O)[C@@H]1O. The third-order valence-corrected chi connectivity index (χ3v) is 23.6. The molecule has 0 spiro atoms. The van der Waals surface area contributed by atoms with Gasteiger partial charge in [0.05, 0.1) is 52.9 Å². The van der Waals surface area contributed by atoms with E-state index in [9.17, 15) is 131 Å². The minimum Gasteiger partial charge on any atom is -0.394 e. The zero-order valence-electron chi connectivity index (χ0n) is 66.0. The number of carbonyl (C=O) groups excluding carboxylic acids is 2. The van der Waals surface area contributed by atoms with Crippen LogP contribution in [0.25, 0.3) is 0 Å². The summed E-state index contributed by atoms with van der Waals surface area (Å²) in [4.78, 5) is 47.4. The standard InChI is InChI=1S/C71H122N2O42P2/c1-30(2)13-9-14-31(3)15-10-16-32(4)17-11-18-33(5)19-12-20-34(6)21-22-101-116(96,97)115-117(98,99)114-66-45(73-36(8)81)52(88)60(42(28-79)107-66)109-65-44(72-35(7)80)51(87)61(41(27-78)106-65)110-69-59(95)62(50(86)43(108-69)29-100-67-57(93)53(89)46(82)37(23-74)102-67)111-70-64(56(92)49(85)39(25-76)104-70)113-71-63(55(91)48(84)40(26-77)105-71)112-68-58(94)54(90)47(83)38(24-75)103-68/h13,15,17,19,34,37-71,74-79,82-95H,9-12,14,16,18,20-29H2,1-8H3,(H,72,80)(H,73,81)(H,96,97)(H,98,99)/b31-15+,32-17+,33-19+/t34?,37-,38-,39-,40-,41-,42-,43-,44-,45-,46-,47-,48-,49-,50-,51-,52-,53+,54+,55+,56+,57+,58+,59+,60-,61-,62+,63+,64+,65+,66-,67+,68-,69+,70-,71-/m1/s1. The smallest absolute Gasteiger partial charge is 0.394 e. The third-order valence-electron chi connectivity index (χ3n) is 20.9. The van der Waals surface area contributed by atoms with Crippen molar-refractivity contribution in [1.29, 1.82) is 0 Å². The molecule has 7 heterocycles. The van der Waals surface area contributed by atoms with E-state index in [1.54, 1.807) is 0 Å². The first-order valence-corrected chi connectivity index (χ1v) is 41.6. The first-order valence-electron chi connectivity index (χ1n) is 38.6. The van der Waals surface area contributed by atoms with Gasteiger partial charge >= 0.3 is 15.6 Å². The Kier molecular flexibility index (Phi) is 40.3. The Morgan fingerprint density at radius 2 is 0.726 bits per heavy atom. The lowest BCUT2D eigenvalue weighted by atomic mass is 9.94. The van der Waals surface area contributed by atoms with Crippen LogP contribution >= 0.6 is 15.6 Å². The monoisotopic (exact) mass is 1740 g/mol. The predicted molar refractivity (Wildman–Crippen MR) is 392 cm³/mol. The Bertz CT molecular complexity index is 3270. The van der Waals surface area contributed by atoms with Crippen molar-refractivity contribution >= 4 is 27.5 Å². The van der Waals surface area contributed by atoms with Gasteiger partial charge in [-0.3, -0.25) is 18.6 Å². The molecular formula is C71H122N2O42P2. The van der Waals surface area contributed by atoms with Crippen LogP contribution in [0.3, 0.4) is 0 Å². The van der Waals surface area contributed by atoms with E-state index in [2.05, 4.69) is 66.9 Å². The lowest BCUT2D eigenvalue weighted by molar-refractivity contribution is -0.407. The van der Waals surface area contributed by atoms with E-state index >= 15 is 0 Å². The largest absolute Gasteiger partial charge is 0.483 e. The van der Waals surface area contributed by atoms with Crippen LogP contribution in [0, 0.1) is 5.92 Å². The van der Waals surface area contributed by atoms with Crippen molar-refractivity contribution in [2.75, 3.05) is 52.9 Å². The molecule has 117 heavy (non-hydrogen) atoms. The van der Waals surface area contributed by atoms with Crippen molar-refractivity contribution in [1.82, 2.24) is 10.6 Å². The van der Waals surface area contributed by atoms with Gasteiger partial charge in [-0.2, -0.15) is 4.31 Å². The van der Waals surface area contributed by atoms with Gasteiger partial charge in [0.25, 0.3) is 0 Å². The van der Waals surface area contributed by atoms with Crippen LogP contribution in [-0.4, -0.2) is 391 Å². The average molecular weight is 1740 g/mol. The Labute approximate surface area is 674 Å². The van der Waals surface area contributed by atoms with E-state index < -0.39 is 295 Å². The molecule has 7 rings (SSSR count). The lowest BCUT2D eigenvalue weighted by Crippen LogP contribution is -2.70. The third kappa shape index (κ3) is 27.7. The summed E-state index contributed by atoms with van der Waals surface area (Å²) in [7, 11) is -11.3. The molecule has 0 radical (unpaired) electrons. The highest BCUT2D eigenvalue weighted by atomic mass is 31.3. The molecule has 38 atom stereocenters. The average Bonchev–Trinajstić information content (AvgIpc) is 0.761. The van der Waals surface area contributed by atoms with Gasteiger partial charge in [0, 0.05) is 13.8 Å². The molecule has 0 aromatic carbocycles. The van der Waals surface area contributed by atoms with Crippen LogP contribution in [0.2, 0.25) is 0 Å². The van der Waals surface area contributed by atoms with Crippen molar-refractivity contribution in [3.63, 3.8) is 0 Å². The molecular weight excluding hydrogens is 1610 g/mol. The molecule has 0 aromatic heterocycles. The molecule has 2 amide bonds. The summed E-state index contributed by atoms with van der Waals surface area (Å²) >= 11 is 0. The lowest BCUT2D eigenvalue weighted by Gasteiger charge is -2.51. The van der Waals surface area contributed by atoms with E-state index in [0.29, 0.717) is 12.8 Å². The summed E-state index contributed by atoms with van der Waals surface area (Å²) in [5, 5.41) is 225. The molecule has 0 bridgehead atoms. The maximum Gasteiger partial charge on any atom is 0.483 e. The normalized spacial score (nSPS) is 41.4. The molecule has 3 unspecified atom stereocenters. The predicted octanol–water partition coefficient (Wildman–Crippen LogP) is -6.78. The van der Waals surface area contributed by atoms with Gasteiger partial charge in [-0.25, -0.2) is 9.13 Å². The maximum atomic E-state index is 13.6. The van der Waals surface area contributed by atoms with Crippen LogP contribution in [0.4, 0.5) is 0 Å². The Morgan fingerprint density at radius 1 is 0.368 bits per heavy atom. The first kappa shape index (κ1) is 101. The summed E-state index contributed by atoms with van der Waals surface area (Å²) < 4.78 is 118. The summed E-state index contributed by atoms with van der Waals surface area (Å²) in [6.45, 7) is 6.08. The van der Waals surface area contributed by atoms with Crippen molar-refractivity contribution < 1.29 is 206 Å². The molecule has 7 aliphatic heterocycles. The van der Waals surface area contributed by atoms with Crippen LogP contribution in [0.15, 0.2) is 46.6 Å². The summed E-state index contributed by atoms with van der Waals surface area (Å²) in [6, 6.07) is -4.04. The van der Waals surface area contributed by atoms with E-state index in [1.165, 1.54) is 22.3 Å². The fourth-order valence-corrected chi connectivity index (χ4v) is 16.3. The van der Waals surface area contributed by atoms with Gasteiger partial charge < -0.3 is 184 Å². The minimum absolute atomic E-state index is 0.0751. The molecule has 24 N–H and O–H groups in total. The highest BCUT2D eigenvalue weighted by Gasteiger charge is 2.60. The van der Waals surface area contributed by atoms with Crippen LogP contribution in [0.1, 0.15) is 113 Å². The fourth-order valence-electron chi connectivity index (χ4n) is 14.2. The second-order valence-corrected chi connectivity index (χ2v) is 33.5. The van der Waals surface area contributed by atoms with E-state index in [4.69, 9.17) is 70.6 Å². The number of allylic oxidation sites excluding steroid dienone is 8. The summed E-state index contributed by atoms with van der Waals surface area (Å²) in [5.41, 5.74) is 5.17. The van der Waals surface area contributed by atoms with Crippen LogP contribution in [-0.2, 0) is 93.7 Å². The number of ether oxygens (including phenoxy) is 13. The molecule has 7 aliphatic rings. The molecule has 0 aliphatic carbocycles. The minimum atomic E-state index is -5.87. The second kappa shape index (κ2) is 46.7. The van der Waals surface area contributed by atoms with Gasteiger partial charge in [-0.1, -0.05) is 53.5 Å². The number of carbonyl (C=O) groups is 2. The van der Waals surface area contributed by atoms with Gasteiger partial charge in [0.1, 0.15) is 171 Å². The maximum absolute atomic E-state index is 13.6. The summed E-state index contributed by atoms with van der Waals surface area (Å²) in [6.07, 6.45) is -54.0. The number of phosphoric acid groups is 2. The van der Waals surface area contributed by atoms with E-state index in [0.717, 1.165) is 52.4 Å². The van der Waals surface area contributed by atoms with Crippen molar-refractivity contribution in [2.24, 2.45) is 5.92 Å². The van der Waals surface area contributed by atoms with Crippen LogP contribution < -0.4 is 10.6 Å². The summed E-state index contributed by atoms with van der Waals surface area (Å²) in [5.74, 6) is -2.03. The van der Waals surface area contributed by atoms with Gasteiger partial charge in [-0.15, -0.1) is 0 Å². The van der Waals surface area contributed by atoms with E-state index in [-0.39, 0.29) is 12.3 Å². The molecule has 0 saturated carbocycles. The van der Waals surface area contributed by atoms with Gasteiger partial charge in [-0.05, 0) is 98.3 Å². The highest BCUT2D eigenvalue weighted by Crippen LogP contribution is 2.61. The number of aliphatic hydroxyl groups excluding tert-OH is 20. The number of phosphoric ester groups is 2. The van der Waals surface area contributed by atoms with Crippen molar-refractivity contribution in [3.8, 4) is 0 Å². The molecule has 0 aromatic rings. The molecule has 46 heteroatoms. The topological polar surface area (TPSA) is 685 Å². The van der Waals surface area contributed by atoms with Crippen LogP contribution in [0.5, 0.6) is 0 Å². The Morgan fingerprint density at radius 3 is 1.19 bits per heavy atom. The van der Waals surface area contributed by atoms with Crippen molar-refractivity contribution in [3.05, 3.63) is 46.6 Å². The highest BCUT2D eigenvalue weighted by molar-refractivity contribution is 7.61. The van der Waals surface area contributed by atoms with Gasteiger partial charge in [0.15, 0.2) is 44.0 Å². The molecule has 44 nitrogen and oxygen atoms in total.